The lowest BCUT2D eigenvalue weighted by atomic mass is 10.2. The van der Waals surface area contributed by atoms with Crippen molar-refractivity contribution in [2.24, 2.45) is 7.05 Å². The van der Waals surface area contributed by atoms with E-state index in [-0.39, 0.29) is 0 Å². The number of alkyl halides is 1. The third-order valence-corrected chi connectivity index (χ3v) is 3.44. The van der Waals surface area contributed by atoms with Crippen molar-refractivity contribution in [1.29, 1.82) is 0 Å². The fourth-order valence-electron chi connectivity index (χ4n) is 1.97. The minimum absolute atomic E-state index is 0.359. The number of para-hydroxylation sites is 1. The van der Waals surface area contributed by atoms with E-state index in [0.29, 0.717) is 11.9 Å². The molecule has 0 saturated heterocycles. The SMILES string of the molecule is CCC(CCl)NCc1nn(C)c2ccccc12. The van der Waals surface area contributed by atoms with Crippen LogP contribution >= 0.6 is 11.6 Å². The van der Waals surface area contributed by atoms with Crippen molar-refractivity contribution >= 4 is 22.5 Å². The second kappa shape index (κ2) is 5.52. The molecule has 17 heavy (non-hydrogen) atoms. The first-order chi connectivity index (χ1) is 8.26. The van der Waals surface area contributed by atoms with Gasteiger partial charge in [0.15, 0.2) is 0 Å². The Hall–Kier alpha value is -1.06. The number of benzene rings is 1. The standard InChI is InChI=1S/C13H18ClN3/c1-3-10(8-14)15-9-12-11-6-4-5-7-13(11)17(2)16-12/h4-7,10,15H,3,8-9H2,1-2H3. The molecule has 1 aromatic heterocycles. The van der Waals surface area contributed by atoms with Gasteiger partial charge in [-0.05, 0) is 12.5 Å². The zero-order valence-electron chi connectivity index (χ0n) is 10.3. The maximum absolute atomic E-state index is 5.87. The largest absolute Gasteiger partial charge is 0.307 e. The van der Waals surface area contributed by atoms with E-state index in [1.807, 2.05) is 23.9 Å². The minimum Gasteiger partial charge on any atom is -0.307 e. The Morgan fingerprint density at radius 2 is 2.18 bits per heavy atom. The fourth-order valence-corrected chi connectivity index (χ4v) is 2.30. The molecule has 0 amide bonds. The summed E-state index contributed by atoms with van der Waals surface area (Å²) in [6.07, 6.45) is 1.04. The fraction of sp³-hybridized carbons (Fsp3) is 0.462. The molecule has 0 fully saturated rings. The summed E-state index contributed by atoms with van der Waals surface area (Å²) in [5, 5.41) is 9.19. The molecule has 2 aromatic rings. The molecule has 1 aromatic carbocycles. The van der Waals surface area contributed by atoms with Gasteiger partial charge < -0.3 is 5.32 Å². The average Bonchev–Trinajstić information content (AvgIpc) is 2.69. The van der Waals surface area contributed by atoms with Crippen LogP contribution in [0.4, 0.5) is 0 Å². The third kappa shape index (κ3) is 2.61. The average molecular weight is 252 g/mol. The molecular formula is C13H18ClN3. The van der Waals surface area contributed by atoms with Crippen LogP contribution in [-0.2, 0) is 13.6 Å². The molecule has 1 heterocycles. The molecule has 0 aliphatic heterocycles. The predicted octanol–water partition coefficient (Wildman–Crippen LogP) is 2.68. The Labute approximate surface area is 107 Å². The Balaban J connectivity index is 2.19. The van der Waals surface area contributed by atoms with Gasteiger partial charge in [-0.15, -0.1) is 11.6 Å². The van der Waals surface area contributed by atoms with E-state index < -0.39 is 0 Å². The second-order valence-electron chi connectivity index (χ2n) is 4.23. The molecule has 2 rings (SSSR count). The van der Waals surface area contributed by atoms with Crippen molar-refractivity contribution in [3.8, 4) is 0 Å². The molecule has 1 unspecified atom stereocenters. The van der Waals surface area contributed by atoms with E-state index in [1.165, 1.54) is 10.9 Å². The summed E-state index contributed by atoms with van der Waals surface area (Å²) in [5.41, 5.74) is 2.26. The molecule has 1 N–H and O–H groups in total. The summed E-state index contributed by atoms with van der Waals surface area (Å²) < 4.78 is 1.92. The van der Waals surface area contributed by atoms with Crippen LogP contribution in [0.15, 0.2) is 24.3 Å². The molecule has 4 heteroatoms. The molecule has 3 nitrogen and oxygen atoms in total. The van der Waals surface area contributed by atoms with Crippen LogP contribution in [0.25, 0.3) is 10.9 Å². The maximum Gasteiger partial charge on any atom is 0.0841 e. The molecule has 92 valence electrons. The molecule has 0 saturated carbocycles. The third-order valence-electron chi connectivity index (χ3n) is 3.07. The van der Waals surface area contributed by atoms with Gasteiger partial charge in [-0.2, -0.15) is 5.10 Å². The van der Waals surface area contributed by atoms with Gasteiger partial charge in [0.05, 0.1) is 11.2 Å². The van der Waals surface area contributed by atoms with Crippen molar-refractivity contribution in [3.63, 3.8) is 0 Å². The number of aromatic nitrogens is 2. The van der Waals surface area contributed by atoms with Crippen molar-refractivity contribution < 1.29 is 0 Å². The van der Waals surface area contributed by atoms with Crippen LogP contribution in [0.1, 0.15) is 19.0 Å². The Kier molecular flexibility index (Phi) is 4.02. The molecule has 0 bridgehead atoms. The summed E-state index contributed by atoms with van der Waals surface area (Å²) >= 11 is 5.87. The Morgan fingerprint density at radius 1 is 1.41 bits per heavy atom. The molecule has 0 spiro atoms. The van der Waals surface area contributed by atoms with E-state index in [2.05, 4.69) is 29.5 Å². The molecule has 0 aliphatic carbocycles. The number of hydrogen-bond donors (Lipinski definition) is 1. The molecule has 0 aliphatic rings. The highest BCUT2D eigenvalue weighted by molar-refractivity contribution is 6.18. The smallest absolute Gasteiger partial charge is 0.0841 e. The van der Waals surface area contributed by atoms with Crippen LogP contribution in [-0.4, -0.2) is 21.7 Å². The van der Waals surface area contributed by atoms with Gasteiger partial charge in [0.25, 0.3) is 0 Å². The normalized spacial score (nSPS) is 13.1. The highest BCUT2D eigenvalue weighted by Crippen LogP contribution is 2.17. The first-order valence-electron chi connectivity index (χ1n) is 5.96. The quantitative estimate of drug-likeness (QED) is 0.828. The van der Waals surface area contributed by atoms with Gasteiger partial charge in [0, 0.05) is 30.9 Å². The number of rotatable bonds is 5. The van der Waals surface area contributed by atoms with Crippen molar-refractivity contribution in [2.75, 3.05) is 5.88 Å². The van der Waals surface area contributed by atoms with Crippen molar-refractivity contribution in [2.45, 2.75) is 25.9 Å². The summed E-state index contributed by atoms with van der Waals surface area (Å²) in [4.78, 5) is 0. The maximum atomic E-state index is 5.87. The number of halogens is 1. The molecule has 0 radical (unpaired) electrons. The van der Waals surface area contributed by atoms with Gasteiger partial charge in [0.1, 0.15) is 0 Å². The number of nitrogens with one attached hydrogen (secondary N) is 1. The number of hydrogen-bond acceptors (Lipinski definition) is 2. The van der Waals surface area contributed by atoms with Crippen molar-refractivity contribution in [3.05, 3.63) is 30.0 Å². The van der Waals surface area contributed by atoms with E-state index in [1.54, 1.807) is 0 Å². The van der Waals surface area contributed by atoms with Crippen molar-refractivity contribution in [1.82, 2.24) is 15.1 Å². The highest BCUT2D eigenvalue weighted by Gasteiger charge is 2.09. The van der Waals surface area contributed by atoms with Gasteiger partial charge in [-0.3, -0.25) is 4.68 Å². The van der Waals surface area contributed by atoms with E-state index in [0.717, 1.165) is 18.7 Å². The highest BCUT2D eigenvalue weighted by atomic mass is 35.5. The predicted molar refractivity (Wildman–Crippen MR) is 72.4 cm³/mol. The Bertz CT molecular complexity index is 488. The van der Waals surface area contributed by atoms with Crippen LogP contribution in [0.2, 0.25) is 0 Å². The van der Waals surface area contributed by atoms with Crippen LogP contribution < -0.4 is 5.32 Å². The number of nitrogens with zero attached hydrogens (tertiary/aromatic N) is 2. The summed E-state index contributed by atoms with van der Waals surface area (Å²) in [5.74, 6) is 0.640. The molecular weight excluding hydrogens is 234 g/mol. The van der Waals surface area contributed by atoms with Crippen LogP contribution in [0.5, 0.6) is 0 Å². The lowest BCUT2D eigenvalue weighted by molar-refractivity contribution is 0.531. The lowest BCUT2D eigenvalue weighted by Gasteiger charge is -2.12. The van der Waals surface area contributed by atoms with Gasteiger partial charge >= 0.3 is 0 Å². The second-order valence-corrected chi connectivity index (χ2v) is 4.54. The van der Waals surface area contributed by atoms with E-state index >= 15 is 0 Å². The topological polar surface area (TPSA) is 29.9 Å². The van der Waals surface area contributed by atoms with Crippen LogP contribution in [0, 0.1) is 0 Å². The van der Waals surface area contributed by atoms with E-state index in [4.69, 9.17) is 11.6 Å². The number of fused-ring (bicyclic) bond motifs is 1. The summed E-state index contributed by atoms with van der Waals surface area (Å²) in [6.45, 7) is 2.91. The van der Waals surface area contributed by atoms with Gasteiger partial charge in [-0.1, -0.05) is 25.1 Å². The zero-order valence-corrected chi connectivity index (χ0v) is 11.0. The first kappa shape index (κ1) is 12.4. The molecule has 1 atom stereocenters. The monoisotopic (exact) mass is 251 g/mol. The summed E-state index contributed by atoms with van der Waals surface area (Å²) in [6, 6.07) is 8.64. The van der Waals surface area contributed by atoms with Crippen LogP contribution in [0.3, 0.4) is 0 Å². The summed E-state index contributed by atoms with van der Waals surface area (Å²) in [7, 11) is 1.98. The van der Waals surface area contributed by atoms with Gasteiger partial charge in [-0.25, -0.2) is 0 Å². The first-order valence-corrected chi connectivity index (χ1v) is 6.49. The Morgan fingerprint density at radius 3 is 2.88 bits per heavy atom. The van der Waals surface area contributed by atoms with Gasteiger partial charge in [0.2, 0.25) is 0 Å². The zero-order chi connectivity index (χ0) is 12.3. The minimum atomic E-state index is 0.359. The lowest BCUT2D eigenvalue weighted by Crippen LogP contribution is -2.29. The number of aryl methyl sites for hydroxylation is 1. The van der Waals surface area contributed by atoms with E-state index in [9.17, 15) is 0 Å².